The third kappa shape index (κ3) is 2.32. The highest BCUT2D eigenvalue weighted by molar-refractivity contribution is 5.88. The van der Waals surface area contributed by atoms with Crippen LogP contribution >= 0.6 is 0 Å². The Hall–Kier alpha value is -3.21. The maximum absolute atomic E-state index is 5.42. The summed E-state index contributed by atoms with van der Waals surface area (Å²) in [6.45, 7) is 0. The van der Waals surface area contributed by atoms with E-state index in [1.165, 1.54) is 0 Å². The number of aromatic nitrogens is 4. The first-order valence-corrected chi connectivity index (χ1v) is 7.27. The summed E-state index contributed by atoms with van der Waals surface area (Å²) >= 11 is 0. The van der Waals surface area contributed by atoms with E-state index >= 15 is 0 Å². The number of para-hydroxylation sites is 1. The average molecular weight is 302 g/mol. The second-order valence-corrected chi connectivity index (χ2v) is 5.09. The summed E-state index contributed by atoms with van der Waals surface area (Å²) < 4.78 is 5.42. The molecule has 0 spiro atoms. The molecule has 2 heterocycles. The predicted octanol–water partition coefficient (Wildman–Crippen LogP) is 3.70. The van der Waals surface area contributed by atoms with Crippen LogP contribution in [-0.2, 0) is 0 Å². The van der Waals surface area contributed by atoms with E-state index in [1.807, 2.05) is 54.6 Å². The van der Waals surface area contributed by atoms with Crippen LogP contribution in [0.3, 0.4) is 0 Å². The number of nitrogens with one attached hydrogen (secondary N) is 1. The van der Waals surface area contributed by atoms with Crippen molar-refractivity contribution in [2.45, 2.75) is 0 Å². The second-order valence-electron chi connectivity index (χ2n) is 5.09. The van der Waals surface area contributed by atoms with Crippen molar-refractivity contribution in [3.8, 4) is 28.3 Å². The number of benzene rings is 2. The van der Waals surface area contributed by atoms with Gasteiger partial charge in [-0.05, 0) is 12.1 Å². The standard InChI is InChI=1S/C18H14N4O/c1-23-15-10-6-5-9-13(15)14-11-19-18-17(20-14)16(21-22-18)12-7-3-2-4-8-12/h2-11H,1H3,(H,19,21,22). The molecular formula is C18H14N4O. The second kappa shape index (κ2) is 5.53. The van der Waals surface area contributed by atoms with Crippen molar-refractivity contribution in [1.29, 1.82) is 0 Å². The van der Waals surface area contributed by atoms with Crippen molar-refractivity contribution in [2.75, 3.05) is 7.11 Å². The largest absolute Gasteiger partial charge is 0.496 e. The molecule has 2 aromatic heterocycles. The lowest BCUT2D eigenvalue weighted by Gasteiger charge is -2.07. The van der Waals surface area contributed by atoms with Crippen LogP contribution < -0.4 is 4.74 Å². The Balaban J connectivity index is 1.91. The molecule has 4 aromatic rings. The summed E-state index contributed by atoms with van der Waals surface area (Å²) in [5.41, 5.74) is 4.91. The smallest absolute Gasteiger partial charge is 0.200 e. The molecule has 5 nitrogen and oxygen atoms in total. The van der Waals surface area contributed by atoms with E-state index < -0.39 is 0 Å². The monoisotopic (exact) mass is 302 g/mol. The fourth-order valence-electron chi connectivity index (χ4n) is 2.59. The first kappa shape index (κ1) is 13.5. The van der Waals surface area contributed by atoms with Crippen LogP contribution in [0.1, 0.15) is 0 Å². The van der Waals surface area contributed by atoms with E-state index in [4.69, 9.17) is 9.72 Å². The lowest BCUT2D eigenvalue weighted by molar-refractivity contribution is 0.416. The predicted molar refractivity (Wildman–Crippen MR) is 89.1 cm³/mol. The number of fused-ring (bicyclic) bond motifs is 1. The molecule has 0 fully saturated rings. The van der Waals surface area contributed by atoms with Gasteiger partial charge >= 0.3 is 0 Å². The van der Waals surface area contributed by atoms with Gasteiger partial charge in [0.15, 0.2) is 5.65 Å². The van der Waals surface area contributed by atoms with E-state index in [2.05, 4.69) is 15.2 Å². The van der Waals surface area contributed by atoms with E-state index in [0.29, 0.717) is 5.65 Å². The number of methoxy groups -OCH3 is 1. The van der Waals surface area contributed by atoms with Crippen molar-refractivity contribution < 1.29 is 4.74 Å². The summed E-state index contributed by atoms with van der Waals surface area (Å²) in [5.74, 6) is 0.769. The molecule has 0 saturated heterocycles. The first-order chi connectivity index (χ1) is 11.4. The summed E-state index contributed by atoms with van der Waals surface area (Å²) in [6.07, 6.45) is 1.72. The minimum Gasteiger partial charge on any atom is -0.496 e. The van der Waals surface area contributed by atoms with Gasteiger partial charge in [-0.1, -0.05) is 42.5 Å². The summed E-state index contributed by atoms with van der Waals surface area (Å²) in [4.78, 5) is 9.17. The lowest BCUT2D eigenvalue weighted by Crippen LogP contribution is -1.92. The molecule has 2 aromatic carbocycles. The Bertz CT molecular complexity index is 963. The highest BCUT2D eigenvalue weighted by Gasteiger charge is 2.13. The van der Waals surface area contributed by atoms with Crippen LogP contribution in [0.5, 0.6) is 5.75 Å². The van der Waals surface area contributed by atoms with Crippen molar-refractivity contribution in [3.63, 3.8) is 0 Å². The third-order valence-corrected chi connectivity index (χ3v) is 3.71. The Labute approximate surface area is 133 Å². The first-order valence-electron chi connectivity index (χ1n) is 7.27. The molecule has 0 bridgehead atoms. The topological polar surface area (TPSA) is 63.7 Å². The minimum atomic E-state index is 0.600. The normalized spacial score (nSPS) is 10.8. The Morgan fingerprint density at radius 3 is 2.57 bits per heavy atom. The quantitative estimate of drug-likeness (QED) is 0.627. The van der Waals surface area contributed by atoms with Crippen molar-refractivity contribution in [3.05, 3.63) is 60.8 Å². The zero-order valence-electron chi connectivity index (χ0n) is 12.5. The highest BCUT2D eigenvalue weighted by Crippen LogP contribution is 2.30. The van der Waals surface area contributed by atoms with Gasteiger partial charge in [-0.3, -0.25) is 5.10 Å². The fourth-order valence-corrected chi connectivity index (χ4v) is 2.59. The number of ether oxygens (including phenoxy) is 1. The Kier molecular flexibility index (Phi) is 3.24. The molecule has 23 heavy (non-hydrogen) atoms. The van der Waals surface area contributed by atoms with Crippen molar-refractivity contribution >= 4 is 11.2 Å². The van der Waals surface area contributed by atoms with Crippen molar-refractivity contribution in [2.24, 2.45) is 0 Å². The van der Waals surface area contributed by atoms with Gasteiger partial charge in [0.1, 0.15) is 11.3 Å². The SMILES string of the molecule is COc1ccccc1-c1cnc2n[nH]c(-c3ccccc3)c2n1. The molecule has 112 valence electrons. The van der Waals surface area contributed by atoms with Gasteiger partial charge in [0.25, 0.3) is 0 Å². The maximum Gasteiger partial charge on any atom is 0.200 e. The number of H-pyrrole nitrogens is 1. The molecule has 0 saturated carbocycles. The van der Waals surface area contributed by atoms with Crippen LogP contribution in [0.15, 0.2) is 60.8 Å². The number of nitrogens with zero attached hydrogens (tertiary/aromatic N) is 3. The molecule has 0 aliphatic carbocycles. The number of hydrogen-bond donors (Lipinski definition) is 1. The average Bonchev–Trinajstić information content (AvgIpc) is 3.05. The van der Waals surface area contributed by atoms with E-state index in [9.17, 15) is 0 Å². The van der Waals surface area contributed by atoms with Gasteiger partial charge < -0.3 is 4.74 Å². The zero-order valence-corrected chi connectivity index (χ0v) is 12.5. The Morgan fingerprint density at radius 1 is 0.957 bits per heavy atom. The Morgan fingerprint density at radius 2 is 1.74 bits per heavy atom. The molecule has 4 rings (SSSR count). The van der Waals surface area contributed by atoms with Crippen LogP contribution in [-0.4, -0.2) is 27.3 Å². The number of hydrogen-bond acceptors (Lipinski definition) is 4. The molecule has 0 amide bonds. The van der Waals surface area contributed by atoms with Crippen LogP contribution in [0.25, 0.3) is 33.7 Å². The van der Waals surface area contributed by atoms with Crippen LogP contribution in [0, 0.1) is 0 Å². The summed E-state index contributed by atoms with van der Waals surface area (Å²) in [7, 11) is 1.65. The molecule has 0 aliphatic heterocycles. The molecule has 1 N–H and O–H groups in total. The van der Waals surface area contributed by atoms with E-state index in [1.54, 1.807) is 13.3 Å². The van der Waals surface area contributed by atoms with Gasteiger partial charge in [-0.15, -0.1) is 0 Å². The fraction of sp³-hybridized carbons (Fsp3) is 0.0556. The number of rotatable bonds is 3. The van der Waals surface area contributed by atoms with Crippen LogP contribution in [0.2, 0.25) is 0 Å². The van der Waals surface area contributed by atoms with Gasteiger partial charge in [0.2, 0.25) is 0 Å². The van der Waals surface area contributed by atoms with Gasteiger partial charge in [-0.2, -0.15) is 5.10 Å². The minimum absolute atomic E-state index is 0.600. The van der Waals surface area contributed by atoms with Crippen molar-refractivity contribution in [1.82, 2.24) is 20.2 Å². The highest BCUT2D eigenvalue weighted by atomic mass is 16.5. The summed E-state index contributed by atoms with van der Waals surface area (Å²) in [5, 5.41) is 7.27. The zero-order chi connectivity index (χ0) is 15.6. The van der Waals surface area contributed by atoms with Gasteiger partial charge in [-0.25, -0.2) is 9.97 Å². The molecule has 0 radical (unpaired) electrons. The molecule has 0 unspecified atom stereocenters. The third-order valence-electron chi connectivity index (χ3n) is 3.71. The lowest BCUT2D eigenvalue weighted by atomic mass is 10.1. The summed E-state index contributed by atoms with van der Waals surface area (Å²) in [6, 6.07) is 17.8. The van der Waals surface area contributed by atoms with Gasteiger partial charge in [0, 0.05) is 11.1 Å². The molecule has 0 atom stereocenters. The van der Waals surface area contributed by atoms with E-state index in [0.717, 1.165) is 33.8 Å². The molecule has 0 aliphatic rings. The number of aromatic amines is 1. The van der Waals surface area contributed by atoms with Gasteiger partial charge in [0.05, 0.1) is 24.7 Å². The maximum atomic E-state index is 5.42. The van der Waals surface area contributed by atoms with Crippen LogP contribution in [0.4, 0.5) is 0 Å². The molecule has 5 heteroatoms. The molecular weight excluding hydrogens is 288 g/mol. The van der Waals surface area contributed by atoms with E-state index in [-0.39, 0.29) is 0 Å².